The highest BCUT2D eigenvalue weighted by Crippen LogP contribution is 2.32. The van der Waals surface area contributed by atoms with Crippen LogP contribution < -0.4 is 0 Å². The first-order chi connectivity index (χ1) is 11.0. The van der Waals surface area contributed by atoms with E-state index in [0.29, 0.717) is 0 Å². The van der Waals surface area contributed by atoms with Gasteiger partial charge in [0.2, 0.25) is 0 Å². The lowest BCUT2D eigenvalue weighted by Crippen LogP contribution is -2.27. The lowest BCUT2D eigenvalue weighted by molar-refractivity contribution is -0.117. The summed E-state index contributed by atoms with van der Waals surface area (Å²) in [7, 11) is 0. The van der Waals surface area contributed by atoms with Crippen LogP contribution in [-0.2, 0) is 24.4 Å². The molecule has 0 atom stereocenters. The molecule has 6 nitrogen and oxygen atoms in total. The highest BCUT2D eigenvalue weighted by atomic mass is 32.2. The number of hydrogen-bond donors (Lipinski definition) is 1. The predicted octanol–water partition coefficient (Wildman–Crippen LogP) is 2.41. The van der Waals surface area contributed by atoms with Gasteiger partial charge in [0.15, 0.2) is 0 Å². The second kappa shape index (κ2) is 6.25. The molecule has 0 fully saturated rings. The zero-order valence-corrected chi connectivity index (χ0v) is 14.0. The quantitative estimate of drug-likeness (QED) is 0.851. The number of aromatic nitrogens is 2. The van der Waals surface area contributed by atoms with E-state index in [1.54, 1.807) is 22.6 Å². The van der Waals surface area contributed by atoms with E-state index < -0.39 is 5.97 Å². The van der Waals surface area contributed by atoms with E-state index in [4.69, 9.17) is 0 Å². The third-order valence-electron chi connectivity index (χ3n) is 4.00. The van der Waals surface area contributed by atoms with Crippen molar-refractivity contribution in [2.75, 3.05) is 6.54 Å². The number of carbonyl (C=O) groups is 2. The van der Waals surface area contributed by atoms with Gasteiger partial charge in [0, 0.05) is 42.1 Å². The molecular weight excluding hydrogens is 314 g/mol. The highest BCUT2D eigenvalue weighted by molar-refractivity contribution is 7.97. The van der Waals surface area contributed by atoms with Crippen LogP contribution in [0.15, 0.2) is 29.3 Å². The molecule has 0 aliphatic carbocycles. The molecule has 1 aliphatic rings. The Bertz CT molecular complexity index is 763. The number of aromatic carboxylic acids is 1. The van der Waals surface area contributed by atoms with Gasteiger partial charge < -0.3 is 14.2 Å². The number of hydrogen-bond acceptors (Lipinski definition) is 4. The van der Waals surface area contributed by atoms with Gasteiger partial charge in [-0.25, -0.2) is 9.10 Å². The summed E-state index contributed by atoms with van der Waals surface area (Å²) in [4.78, 5) is 23.7. The number of rotatable bonds is 5. The Hall–Kier alpha value is -1.99. The van der Waals surface area contributed by atoms with E-state index in [1.807, 2.05) is 13.0 Å². The van der Waals surface area contributed by atoms with Gasteiger partial charge in [-0.15, -0.1) is 0 Å². The molecular formula is C16H19N3O3S. The van der Waals surface area contributed by atoms with E-state index in [1.165, 1.54) is 12.6 Å². The maximum absolute atomic E-state index is 11.4. The Morgan fingerprint density at radius 1 is 1.35 bits per heavy atom. The van der Waals surface area contributed by atoms with Crippen LogP contribution in [0.5, 0.6) is 0 Å². The molecule has 0 radical (unpaired) electrons. The van der Waals surface area contributed by atoms with Crippen molar-refractivity contribution in [1.82, 2.24) is 13.4 Å². The summed E-state index contributed by atoms with van der Waals surface area (Å²) in [6.45, 7) is 6.07. The largest absolute Gasteiger partial charge is 0.477 e. The first-order valence-corrected chi connectivity index (χ1v) is 8.23. The first-order valence-electron chi connectivity index (χ1n) is 7.45. The normalized spacial score (nSPS) is 14.7. The lowest BCUT2D eigenvalue weighted by atomic mass is 10.3. The fourth-order valence-electron chi connectivity index (χ4n) is 2.82. The zero-order chi connectivity index (χ0) is 16.6. The molecule has 122 valence electrons. The van der Waals surface area contributed by atoms with Crippen molar-refractivity contribution >= 4 is 23.7 Å². The van der Waals surface area contributed by atoms with Crippen molar-refractivity contribution in [2.45, 2.75) is 38.4 Å². The van der Waals surface area contributed by atoms with Crippen LogP contribution in [0.25, 0.3) is 0 Å². The number of carboxylic acid groups (broad SMARTS) is 1. The first kappa shape index (κ1) is 15.9. The second-order valence-corrected chi connectivity index (χ2v) is 6.86. The summed E-state index contributed by atoms with van der Waals surface area (Å²) >= 11 is 1.56. The molecule has 1 aliphatic heterocycles. The van der Waals surface area contributed by atoms with Gasteiger partial charge in [-0.2, -0.15) is 0 Å². The molecule has 0 saturated heterocycles. The number of carboxylic acids is 1. The van der Waals surface area contributed by atoms with E-state index in [0.717, 1.165) is 30.2 Å². The van der Waals surface area contributed by atoms with Crippen LogP contribution in [-0.4, -0.2) is 36.8 Å². The molecule has 0 saturated carbocycles. The Morgan fingerprint density at radius 2 is 2.13 bits per heavy atom. The molecule has 2 aromatic rings. The third kappa shape index (κ3) is 3.20. The zero-order valence-electron chi connectivity index (χ0n) is 13.2. The number of Topliss-reactive ketones (excluding diaryl/α,β-unsaturated/α-hetero) is 1. The van der Waals surface area contributed by atoms with Crippen LogP contribution in [0.2, 0.25) is 0 Å². The van der Waals surface area contributed by atoms with Crippen molar-refractivity contribution in [3.05, 3.63) is 41.5 Å². The summed E-state index contributed by atoms with van der Waals surface area (Å²) in [6.07, 6.45) is 2.08. The molecule has 3 heterocycles. The average molecular weight is 333 g/mol. The molecule has 7 heteroatoms. The molecule has 0 bridgehead atoms. The minimum Gasteiger partial charge on any atom is -0.477 e. The van der Waals surface area contributed by atoms with Gasteiger partial charge >= 0.3 is 5.97 Å². The maximum Gasteiger partial charge on any atom is 0.352 e. The van der Waals surface area contributed by atoms with E-state index in [2.05, 4.69) is 21.1 Å². The summed E-state index contributed by atoms with van der Waals surface area (Å²) in [6, 6.07) is 5.81. The van der Waals surface area contributed by atoms with Crippen molar-refractivity contribution < 1.29 is 14.7 Å². The summed E-state index contributed by atoms with van der Waals surface area (Å²) in [5.41, 5.74) is 2.24. The topological polar surface area (TPSA) is 67.5 Å². The highest BCUT2D eigenvalue weighted by Gasteiger charge is 2.22. The van der Waals surface area contributed by atoms with Crippen molar-refractivity contribution in [1.29, 1.82) is 0 Å². The van der Waals surface area contributed by atoms with Gasteiger partial charge in [0.1, 0.15) is 11.5 Å². The summed E-state index contributed by atoms with van der Waals surface area (Å²) in [5.74, 6) is -1.06. The van der Waals surface area contributed by atoms with Crippen LogP contribution in [0.4, 0.5) is 0 Å². The Balaban J connectivity index is 1.83. The van der Waals surface area contributed by atoms with E-state index in [9.17, 15) is 14.7 Å². The predicted molar refractivity (Wildman–Crippen MR) is 87.5 cm³/mol. The number of ketones is 1. The minimum atomic E-state index is -1.01. The number of nitrogens with zero attached hydrogens (tertiary/aromatic N) is 3. The molecule has 0 aromatic carbocycles. The molecule has 0 spiro atoms. The fraction of sp³-hybridized carbons (Fsp3) is 0.375. The second-order valence-electron chi connectivity index (χ2n) is 5.72. The molecule has 23 heavy (non-hydrogen) atoms. The molecule has 2 aromatic heterocycles. The third-order valence-corrected chi connectivity index (χ3v) is 5.18. The number of carbonyl (C=O) groups excluding carboxylic acids is 1. The lowest BCUT2D eigenvalue weighted by Gasteiger charge is -2.27. The van der Waals surface area contributed by atoms with Crippen LogP contribution in [0, 0.1) is 6.92 Å². The van der Waals surface area contributed by atoms with Crippen molar-refractivity contribution in [2.24, 2.45) is 0 Å². The van der Waals surface area contributed by atoms with Crippen LogP contribution in [0.3, 0.4) is 0 Å². The van der Waals surface area contributed by atoms with Gasteiger partial charge in [-0.1, -0.05) is 0 Å². The molecule has 0 unspecified atom stereocenters. The fourth-order valence-corrected chi connectivity index (χ4v) is 3.88. The van der Waals surface area contributed by atoms with E-state index >= 15 is 0 Å². The maximum atomic E-state index is 11.4. The molecule has 1 N–H and O–H groups in total. The number of fused-ring (bicyclic) bond motifs is 1. The van der Waals surface area contributed by atoms with E-state index in [-0.39, 0.29) is 18.0 Å². The van der Waals surface area contributed by atoms with Crippen molar-refractivity contribution in [3.8, 4) is 0 Å². The smallest absolute Gasteiger partial charge is 0.352 e. The Morgan fingerprint density at radius 3 is 2.83 bits per heavy atom. The standard InChI is InChI=1S/C16H19N3O3S/c1-11(20)9-19-12(2)15(8-14(19)16(21)22)23-18-7-6-17-5-3-4-13(17)10-18/h3-5,8H,6-7,9-10H2,1-2H3,(H,21,22). The molecule has 0 amide bonds. The van der Waals surface area contributed by atoms with Gasteiger partial charge in [-0.05, 0) is 44.0 Å². The SMILES string of the molecule is CC(=O)Cn1c(C(=O)O)cc(SN2CCn3cccc3C2)c1C. The monoisotopic (exact) mass is 333 g/mol. The van der Waals surface area contributed by atoms with Gasteiger partial charge in [-0.3, -0.25) is 4.79 Å². The molecule has 3 rings (SSSR count). The Kier molecular flexibility index (Phi) is 4.32. The Labute approximate surface area is 138 Å². The van der Waals surface area contributed by atoms with Crippen LogP contribution >= 0.6 is 11.9 Å². The average Bonchev–Trinajstić information content (AvgIpc) is 3.06. The summed E-state index contributed by atoms with van der Waals surface area (Å²) in [5, 5.41) is 9.37. The van der Waals surface area contributed by atoms with Crippen LogP contribution in [0.1, 0.15) is 28.8 Å². The summed E-state index contributed by atoms with van der Waals surface area (Å²) < 4.78 is 6.04. The van der Waals surface area contributed by atoms with Crippen molar-refractivity contribution in [3.63, 3.8) is 0 Å². The van der Waals surface area contributed by atoms with Gasteiger partial charge in [0.05, 0.1) is 6.54 Å². The minimum absolute atomic E-state index is 0.0569. The van der Waals surface area contributed by atoms with Gasteiger partial charge in [0.25, 0.3) is 0 Å².